The quantitative estimate of drug-likeness (QED) is 0.407. The number of fused-ring (bicyclic) bond motifs is 4. The molecular formula is C21H21F3N2. The van der Waals surface area contributed by atoms with Crippen molar-refractivity contribution in [2.45, 2.75) is 38.3 Å². The number of alkyl halides is 3. The Bertz CT molecular complexity index is 990. The fourth-order valence-corrected chi connectivity index (χ4v) is 4.12. The number of hydrogen-bond acceptors (Lipinski definition) is 2. The highest BCUT2D eigenvalue weighted by molar-refractivity contribution is 6.10. The molecule has 0 saturated carbocycles. The molecule has 0 bridgehead atoms. The first kappa shape index (κ1) is 17.1. The van der Waals surface area contributed by atoms with Crippen molar-refractivity contribution in [3.8, 4) is 0 Å². The summed E-state index contributed by atoms with van der Waals surface area (Å²) in [4.78, 5) is 6.73. The Hall–Kier alpha value is -2.30. The van der Waals surface area contributed by atoms with Gasteiger partial charge in [0.05, 0.1) is 11.1 Å². The summed E-state index contributed by atoms with van der Waals surface area (Å²) in [6.45, 7) is 0. The van der Waals surface area contributed by atoms with Crippen LogP contribution in [0.15, 0.2) is 30.3 Å². The van der Waals surface area contributed by atoms with E-state index in [1.54, 1.807) is 12.1 Å². The van der Waals surface area contributed by atoms with Crippen LogP contribution >= 0.6 is 0 Å². The first-order valence-corrected chi connectivity index (χ1v) is 8.99. The Morgan fingerprint density at radius 1 is 0.885 bits per heavy atom. The van der Waals surface area contributed by atoms with Gasteiger partial charge in [-0.2, -0.15) is 13.2 Å². The van der Waals surface area contributed by atoms with Crippen molar-refractivity contribution in [1.29, 1.82) is 0 Å². The molecule has 2 aromatic carbocycles. The van der Waals surface area contributed by atoms with E-state index in [0.29, 0.717) is 29.6 Å². The minimum Gasteiger partial charge on any atom is -0.377 e. The molecule has 0 fully saturated rings. The lowest BCUT2D eigenvalue weighted by molar-refractivity contribution is -0.137. The molecule has 1 aliphatic carbocycles. The van der Waals surface area contributed by atoms with E-state index in [1.807, 2.05) is 37.2 Å². The van der Waals surface area contributed by atoms with Crippen molar-refractivity contribution in [3.05, 3.63) is 47.2 Å². The summed E-state index contributed by atoms with van der Waals surface area (Å²) in [6, 6.07) is 9.14. The van der Waals surface area contributed by atoms with Crippen molar-refractivity contribution < 1.29 is 13.2 Å². The van der Waals surface area contributed by atoms with E-state index in [9.17, 15) is 13.2 Å². The molecule has 0 spiro atoms. The standard InChI is InChI=1S/C21H21F3N2/c1-26(2)18-10-6-8-14-13(18)11-12-16-19(21(22,23)24)15-7-4-3-5-9-17(15)25-20(14)16/h6,8,10-12H,3-5,7,9H2,1-2H3. The molecule has 0 unspecified atom stereocenters. The van der Waals surface area contributed by atoms with Crippen LogP contribution in [0.1, 0.15) is 36.1 Å². The Balaban J connectivity index is 2.15. The Morgan fingerprint density at radius 2 is 1.62 bits per heavy atom. The van der Waals surface area contributed by atoms with Gasteiger partial charge in [0.1, 0.15) is 0 Å². The van der Waals surface area contributed by atoms with Crippen molar-refractivity contribution in [2.75, 3.05) is 19.0 Å². The second-order valence-corrected chi connectivity index (χ2v) is 7.20. The summed E-state index contributed by atoms with van der Waals surface area (Å²) in [7, 11) is 3.87. The van der Waals surface area contributed by atoms with E-state index in [1.165, 1.54) is 0 Å². The number of benzene rings is 2. The minimum atomic E-state index is -4.37. The van der Waals surface area contributed by atoms with Crippen LogP contribution in [0.3, 0.4) is 0 Å². The Labute approximate surface area is 150 Å². The fraction of sp³-hybridized carbons (Fsp3) is 0.381. The molecule has 3 aromatic rings. The van der Waals surface area contributed by atoms with E-state index in [2.05, 4.69) is 0 Å². The van der Waals surface area contributed by atoms with Gasteiger partial charge in [-0.25, -0.2) is 0 Å². The van der Waals surface area contributed by atoms with Gasteiger partial charge in [0, 0.05) is 41.6 Å². The lowest BCUT2D eigenvalue weighted by atomic mass is 9.94. The number of rotatable bonds is 1. The third-order valence-corrected chi connectivity index (χ3v) is 5.28. The number of halogens is 3. The van der Waals surface area contributed by atoms with Gasteiger partial charge in [-0.1, -0.05) is 30.7 Å². The zero-order valence-electron chi connectivity index (χ0n) is 15.0. The average Bonchev–Trinajstić information content (AvgIpc) is 2.82. The van der Waals surface area contributed by atoms with Crippen LogP contribution in [0.4, 0.5) is 18.9 Å². The van der Waals surface area contributed by atoms with Crippen molar-refractivity contribution in [3.63, 3.8) is 0 Å². The summed E-state index contributed by atoms with van der Waals surface area (Å²) in [5, 5.41) is 1.94. The van der Waals surface area contributed by atoms with E-state index in [0.717, 1.165) is 35.7 Å². The SMILES string of the molecule is CN(C)c1cccc2c1ccc1c(C(F)(F)F)c3c(nc12)CCCCC3. The van der Waals surface area contributed by atoms with Gasteiger partial charge in [-0.3, -0.25) is 4.98 Å². The number of aryl methyl sites for hydroxylation is 1. The summed E-state index contributed by atoms with van der Waals surface area (Å²) < 4.78 is 42.0. The van der Waals surface area contributed by atoms with E-state index in [4.69, 9.17) is 4.98 Å². The molecular weight excluding hydrogens is 337 g/mol. The van der Waals surface area contributed by atoms with Crippen LogP contribution in [0.2, 0.25) is 0 Å². The topological polar surface area (TPSA) is 16.1 Å². The van der Waals surface area contributed by atoms with Gasteiger partial charge in [0.25, 0.3) is 0 Å². The normalized spacial score (nSPS) is 15.1. The fourth-order valence-electron chi connectivity index (χ4n) is 4.12. The van der Waals surface area contributed by atoms with Gasteiger partial charge in [0.15, 0.2) is 0 Å². The molecule has 1 aromatic heterocycles. The first-order chi connectivity index (χ1) is 12.4. The molecule has 4 rings (SSSR count). The van der Waals surface area contributed by atoms with Gasteiger partial charge < -0.3 is 4.90 Å². The third-order valence-electron chi connectivity index (χ3n) is 5.28. The van der Waals surface area contributed by atoms with Crippen molar-refractivity contribution in [2.24, 2.45) is 0 Å². The van der Waals surface area contributed by atoms with Gasteiger partial charge in [-0.15, -0.1) is 0 Å². The zero-order valence-corrected chi connectivity index (χ0v) is 15.0. The van der Waals surface area contributed by atoms with Crippen LogP contribution in [-0.4, -0.2) is 19.1 Å². The van der Waals surface area contributed by atoms with E-state index >= 15 is 0 Å². The highest BCUT2D eigenvalue weighted by Gasteiger charge is 2.37. The lowest BCUT2D eigenvalue weighted by Gasteiger charge is -2.20. The number of anilines is 1. The molecule has 0 atom stereocenters. The number of nitrogens with zero attached hydrogens (tertiary/aromatic N) is 2. The Morgan fingerprint density at radius 3 is 2.35 bits per heavy atom. The average molecular weight is 358 g/mol. The summed E-state index contributed by atoms with van der Waals surface area (Å²) in [5.41, 5.74) is 2.01. The zero-order chi connectivity index (χ0) is 18.5. The largest absolute Gasteiger partial charge is 0.417 e. The first-order valence-electron chi connectivity index (χ1n) is 8.99. The molecule has 136 valence electrons. The highest BCUT2D eigenvalue weighted by Crippen LogP contribution is 2.42. The second-order valence-electron chi connectivity index (χ2n) is 7.20. The van der Waals surface area contributed by atoms with Gasteiger partial charge >= 0.3 is 6.18 Å². The summed E-state index contributed by atoms with van der Waals surface area (Å²) in [5.74, 6) is 0. The molecule has 5 heteroatoms. The monoisotopic (exact) mass is 358 g/mol. The maximum absolute atomic E-state index is 14.0. The van der Waals surface area contributed by atoms with Crippen LogP contribution in [0.5, 0.6) is 0 Å². The third kappa shape index (κ3) is 2.70. The van der Waals surface area contributed by atoms with Crippen molar-refractivity contribution >= 4 is 27.4 Å². The minimum absolute atomic E-state index is 0.224. The maximum atomic E-state index is 14.0. The molecule has 0 saturated heterocycles. The van der Waals surface area contributed by atoms with Crippen LogP contribution in [0, 0.1) is 0 Å². The number of pyridine rings is 1. The van der Waals surface area contributed by atoms with Crippen LogP contribution < -0.4 is 4.90 Å². The predicted octanol–water partition coefficient (Wildman–Crippen LogP) is 5.74. The molecule has 0 aliphatic heterocycles. The Kier molecular flexibility index (Phi) is 4.05. The summed E-state index contributed by atoms with van der Waals surface area (Å²) in [6.07, 6.45) is -0.642. The van der Waals surface area contributed by atoms with E-state index in [-0.39, 0.29) is 5.39 Å². The van der Waals surface area contributed by atoms with E-state index < -0.39 is 11.7 Å². The molecule has 0 amide bonds. The smallest absolute Gasteiger partial charge is 0.377 e. The maximum Gasteiger partial charge on any atom is 0.417 e. The van der Waals surface area contributed by atoms with Crippen LogP contribution in [-0.2, 0) is 19.0 Å². The number of hydrogen-bond donors (Lipinski definition) is 0. The number of aromatic nitrogens is 1. The lowest BCUT2D eigenvalue weighted by Crippen LogP contribution is -2.14. The molecule has 1 heterocycles. The second kappa shape index (κ2) is 6.15. The van der Waals surface area contributed by atoms with Gasteiger partial charge in [-0.05, 0) is 37.3 Å². The molecule has 2 nitrogen and oxygen atoms in total. The molecule has 1 aliphatic rings. The van der Waals surface area contributed by atoms with Gasteiger partial charge in [0.2, 0.25) is 0 Å². The molecule has 0 N–H and O–H groups in total. The predicted molar refractivity (Wildman–Crippen MR) is 99.8 cm³/mol. The summed E-state index contributed by atoms with van der Waals surface area (Å²) >= 11 is 0. The molecule has 0 radical (unpaired) electrons. The molecule has 26 heavy (non-hydrogen) atoms. The highest BCUT2D eigenvalue weighted by atomic mass is 19.4. The van der Waals surface area contributed by atoms with Crippen molar-refractivity contribution in [1.82, 2.24) is 4.98 Å². The van der Waals surface area contributed by atoms with Crippen LogP contribution in [0.25, 0.3) is 21.7 Å².